The molecule has 1 aliphatic heterocycles. The number of thiazole rings is 1. The van der Waals surface area contributed by atoms with Crippen LogP contribution in [0.25, 0.3) is 6.08 Å². The summed E-state index contributed by atoms with van der Waals surface area (Å²) in [6.45, 7) is 2.13. The fourth-order valence-electron chi connectivity index (χ4n) is 5.25. The number of ether oxygens (including phenoxy) is 3. The minimum absolute atomic E-state index is 0.267. The van der Waals surface area contributed by atoms with E-state index in [1.807, 2.05) is 97.1 Å². The van der Waals surface area contributed by atoms with Gasteiger partial charge in [-0.1, -0.05) is 71.5 Å². The number of nitrogens with zero attached hydrogens (tertiary/aromatic N) is 2. The van der Waals surface area contributed by atoms with Gasteiger partial charge in [0, 0.05) is 10.7 Å². The molecular weight excluding hydrogens is 622 g/mol. The Kier molecular flexibility index (Phi) is 9.05. The molecule has 1 N–H and O–H groups in total. The maximum atomic E-state index is 14.1. The molecular formula is C36H30ClN3O5S. The quantitative estimate of drug-likeness (QED) is 0.207. The smallest absolute Gasteiger partial charge is 0.271 e. The van der Waals surface area contributed by atoms with Crippen LogP contribution in [0.4, 0.5) is 5.69 Å². The lowest BCUT2D eigenvalue weighted by Gasteiger charge is -2.25. The topological polar surface area (TPSA) is 91.2 Å². The fraction of sp³-hybridized carbons (Fsp3) is 0.139. The molecule has 1 amide bonds. The van der Waals surface area contributed by atoms with Crippen LogP contribution in [0, 0.1) is 0 Å². The summed E-state index contributed by atoms with van der Waals surface area (Å²) in [5, 5.41) is 3.63. The first-order chi connectivity index (χ1) is 22.3. The molecule has 0 saturated heterocycles. The molecule has 232 valence electrons. The summed E-state index contributed by atoms with van der Waals surface area (Å²) < 4.78 is 19.1. The third-order valence-electron chi connectivity index (χ3n) is 7.50. The number of aromatic nitrogens is 1. The van der Waals surface area contributed by atoms with Gasteiger partial charge in [0.2, 0.25) is 0 Å². The average Bonchev–Trinajstić information content (AvgIpc) is 3.38. The van der Waals surface area contributed by atoms with E-state index in [4.69, 9.17) is 30.8 Å². The predicted octanol–water partition coefficient (Wildman–Crippen LogP) is 6.12. The number of benzene rings is 4. The van der Waals surface area contributed by atoms with Gasteiger partial charge in [-0.25, -0.2) is 4.99 Å². The molecule has 1 unspecified atom stereocenters. The summed E-state index contributed by atoms with van der Waals surface area (Å²) in [4.78, 5) is 33.1. The number of carbonyl (C=O) groups is 1. The SMILES string of the molecule is COc1cccc(C2C(C(=O)Nc3ccccc3)=C(C)N=c3s/c(=C\c4ccc(OCc5ccc(Cl)cc5)c(OC)c4)c(=O)n32)c1. The Labute approximate surface area is 274 Å². The van der Waals surface area contributed by atoms with Crippen molar-refractivity contribution in [3.05, 3.63) is 150 Å². The fourth-order valence-corrected chi connectivity index (χ4v) is 6.42. The zero-order valence-electron chi connectivity index (χ0n) is 25.3. The van der Waals surface area contributed by atoms with Crippen LogP contribution in [-0.4, -0.2) is 24.7 Å². The Morgan fingerprint density at radius 1 is 0.957 bits per heavy atom. The van der Waals surface area contributed by atoms with Crippen molar-refractivity contribution in [2.24, 2.45) is 4.99 Å². The number of fused-ring (bicyclic) bond motifs is 1. The van der Waals surface area contributed by atoms with Crippen molar-refractivity contribution in [2.45, 2.75) is 19.6 Å². The molecule has 1 aliphatic rings. The van der Waals surface area contributed by atoms with E-state index in [0.717, 1.165) is 16.7 Å². The van der Waals surface area contributed by atoms with E-state index in [0.29, 0.717) is 55.2 Å². The average molecular weight is 652 g/mol. The first kappa shape index (κ1) is 30.9. The highest BCUT2D eigenvalue weighted by Gasteiger charge is 2.32. The van der Waals surface area contributed by atoms with Crippen LogP contribution in [0.3, 0.4) is 0 Å². The number of carbonyl (C=O) groups excluding carboxylic acids is 1. The van der Waals surface area contributed by atoms with Crippen LogP contribution in [0.15, 0.2) is 118 Å². The second-order valence-corrected chi connectivity index (χ2v) is 11.9. The van der Waals surface area contributed by atoms with Gasteiger partial charge >= 0.3 is 0 Å². The lowest BCUT2D eigenvalue weighted by Crippen LogP contribution is -2.40. The van der Waals surface area contributed by atoms with Gasteiger partial charge in [-0.15, -0.1) is 0 Å². The number of amides is 1. The van der Waals surface area contributed by atoms with E-state index in [1.165, 1.54) is 11.3 Å². The summed E-state index contributed by atoms with van der Waals surface area (Å²) >= 11 is 7.26. The minimum Gasteiger partial charge on any atom is -0.497 e. The van der Waals surface area contributed by atoms with Gasteiger partial charge in [0.1, 0.15) is 12.4 Å². The number of hydrogen-bond acceptors (Lipinski definition) is 7. The van der Waals surface area contributed by atoms with Crippen molar-refractivity contribution < 1.29 is 19.0 Å². The molecule has 2 heterocycles. The van der Waals surface area contributed by atoms with Gasteiger partial charge in [-0.2, -0.15) is 0 Å². The Balaban J connectivity index is 1.38. The Morgan fingerprint density at radius 2 is 1.74 bits per heavy atom. The summed E-state index contributed by atoms with van der Waals surface area (Å²) in [6.07, 6.45) is 1.79. The Morgan fingerprint density at radius 3 is 2.48 bits per heavy atom. The molecule has 0 bridgehead atoms. The second-order valence-electron chi connectivity index (χ2n) is 10.5. The van der Waals surface area contributed by atoms with Crippen molar-refractivity contribution in [1.29, 1.82) is 0 Å². The largest absolute Gasteiger partial charge is 0.497 e. The zero-order chi connectivity index (χ0) is 32.2. The maximum absolute atomic E-state index is 14.1. The van der Waals surface area contributed by atoms with E-state index in [2.05, 4.69) is 5.32 Å². The molecule has 0 fully saturated rings. The number of rotatable bonds is 9. The molecule has 0 radical (unpaired) electrons. The number of para-hydroxylation sites is 1. The highest BCUT2D eigenvalue weighted by Crippen LogP contribution is 2.33. The summed E-state index contributed by atoms with van der Waals surface area (Å²) in [6, 6.07) is 28.8. The molecule has 10 heteroatoms. The molecule has 1 aromatic heterocycles. The zero-order valence-corrected chi connectivity index (χ0v) is 26.9. The molecule has 0 saturated carbocycles. The van der Waals surface area contributed by atoms with Crippen LogP contribution in [0.1, 0.15) is 29.7 Å². The van der Waals surface area contributed by atoms with Crippen LogP contribution >= 0.6 is 22.9 Å². The van der Waals surface area contributed by atoms with Gasteiger partial charge in [-0.05, 0) is 78.2 Å². The second kappa shape index (κ2) is 13.5. The van der Waals surface area contributed by atoms with E-state index in [-0.39, 0.29) is 11.5 Å². The molecule has 1 atom stereocenters. The number of anilines is 1. The maximum Gasteiger partial charge on any atom is 0.271 e. The van der Waals surface area contributed by atoms with Crippen molar-refractivity contribution in [3.63, 3.8) is 0 Å². The molecule has 0 spiro atoms. The number of methoxy groups -OCH3 is 2. The number of nitrogens with one attached hydrogen (secondary N) is 1. The van der Waals surface area contributed by atoms with Gasteiger partial charge in [0.15, 0.2) is 16.3 Å². The normalized spacial score (nSPS) is 14.3. The first-order valence-corrected chi connectivity index (χ1v) is 15.6. The Hall–Kier alpha value is -5.12. The molecule has 8 nitrogen and oxygen atoms in total. The monoisotopic (exact) mass is 651 g/mol. The standard InChI is InChI=1S/C36H30ClN3O5S/c1-22-32(34(41)39-27-9-5-4-6-10-27)33(25-8-7-11-28(20-25)43-2)40-35(42)31(46-36(40)38-22)19-24-14-17-29(30(18-24)44-3)45-21-23-12-15-26(37)16-13-23/h4-20,33H,21H2,1-3H3,(H,39,41)/b31-19-. The third kappa shape index (κ3) is 6.47. The lowest BCUT2D eigenvalue weighted by atomic mass is 9.95. The highest BCUT2D eigenvalue weighted by atomic mass is 35.5. The van der Waals surface area contributed by atoms with Crippen molar-refractivity contribution in [2.75, 3.05) is 19.5 Å². The van der Waals surface area contributed by atoms with Crippen LogP contribution in [0.5, 0.6) is 17.2 Å². The number of halogens is 1. The molecule has 5 aromatic rings. The molecule has 6 rings (SSSR count). The Bertz CT molecular complexity index is 2120. The summed E-state index contributed by atoms with van der Waals surface area (Å²) in [5.41, 5.74) is 3.72. The van der Waals surface area contributed by atoms with Gasteiger partial charge < -0.3 is 19.5 Å². The molecule has 4 aromatic carbocycles. The van der Waals surface area contributed by atoms with Crippen molar-refractivity contribution >= 4 is 40.6 Å². The highest BCUT2D eigenvalue weighted by molar-refractivity contribution is 7.07. The van der Waals surface area contributed by atoms with Crippen LogP contribution in [-0.2, 0) is 11.4 Å². The first-order valence-electron chi connectivity index (χ1n) is 14.4. The van der Waals surface area contributed by atoms with Crippen molar-refractivity contribution in [3.8, 4) is 17.2 Å². The summed E-state index contributed by atoms with van der Waals surface area (Å²) in [7, 11) is 3.15. The number of allylic oxidation sites excluding steroid dienone is 1. The predicted molar refractivity (Wildman–Crippen MR) is 181 cm³/mol. The van der Waals surface area contributed by atoms with Crippen molar-refractivity contribution in [1.82, 2.24) is 4.57 Å². The van der Waals surface area contributed by atoms with E-state index >= 15 is 0 Å². The molecule has 0 aliphatic carbocycles. The van der Waals surface area contributed by atoms with Crippen LogP contribution in [0.2, 0.25) is 5.02 Å². The van der Waals surface area contributed by atoms with E-state index in [1.54, 1.807) is 31.8 Å². The lowest BCUT2D eigenvalue weighted by molar-refractivity contribution is -0.113. The van der Waals surface area contributed by atoms with Gasteiger partial charge in [-0.3, -0.25) is 14.2 Å². The van der Waals surface area contributed by atoms with E-state index in [9.17, 15) is 9.59 Å². The summed E-state index contributed by atoms with van der Waals surface area (Å²) in [5.74, 6) is 1.37. The van der Waals surface area contributed by atoms with E-state index < -0.39 is 6.04 Å². The minimum atomic E-state index is -0.726. The molecule has 46 heavy (non-hydrogen) atoms. The third-order valence-corrected chi connectivity index (χ3v) is 8.74. The van der Waals surface area contributed by atoms with Crippen LogP contribution < -0.4 is 34.4 Å². The number of hydrogen-bond donors (Lipinski definition) is 1. The van der Waals surface area contributed by atoms with Gasteiger partial charge in [0.05, 0.1) is 36.1 Å². The van der Waals surface area contributed by atoms with Gasteiger partial charge in [0.25, 0.3) is 11.5 Å².